The Morgan fingerprint density at radius 3 is 2.62 bits per heavy atom. The van der Waals surface area contributed by atoms with Crippen molar-refractivity contribution in [1.29, 1.82) is 5.26 Å². The monoisotopic (exact) mass is 409 g/mol. The Balaban J connectivity index is 1.50. The summed E-state index contributed by atoms with van der Waals surface area (Å²) in [6.45, 7) is 8.36. The van der Waals surface area contributed by atoms with Gasteiger partial charge in [0.2, 0.25) is 5.91 Å². The maximum atomic E-state index is 12.7. The van der Waals surface area contributed by atoms with Crippen LogP contribution in [-0.4, -0.2) is 45.2 Å². The number of thioether (sulfide) groups is 1. The maximum Gasteiger partial charge on any atom is 0.233 e. The minimum Gasteiger partial charge on any atom is -0.352 e. The molecule has 1 aromatic heterocycles. The van der Waals surface area contributed by atoms with Gasteiger partial charge in [0.25, 0.3) is 0 Å². The van der Waals surface area contributed by atoms with Crippen LogP contribution in [0.15, 0.2) is 35.4 Å². The number of hydrogen-bond acceptors (Lipinski definition) is 6. The van der Waals surface area contributed by atoms with Gasteiger partial charge < -0.3 is 5.32 Å². The van der Waals surface area contributed by atoms with Gasteiger partial charge in [-0.05, 0) is 39.2 Å². The van der Waals surface area contributed by atoms with E-state index in [0.717, 1.165) is 32.5 Å². The fourth-order valence-electron chi connectivity index (χ4n) is 3.51. The summed E-state index contributed by atoms with van der Waals surface area (Å²) in [5.74, 6) is 0.608. The van der Waals surface area contributed by atoms with Gasteiger partial charge in [-0.3, -0.25) is 9.69 Å². The second kappa shape index (κ2) is 9.86. The molecule has 1 aliphatic heterocycles. The van der Waals surface area contributed by atoms with Crippen LogP contribution in [-0.2, 0) is 11.3 Å². The van der Waals surface area contributed by atoms with Gasteiger partial charge >= 0.3 is 0 Å². The first-order chi connectivity index (χ1) is 14.0. The molecule has 0 bridgehead atoms. The van der Waals surface area contributed by atoms with Gasteiger partial charge in [-0.25, -0.2) is 9.97 Å². The van der Waals surface area contributed by atoms with Crippen LogP contribution in [0.3, 0.4) is 0 Å². The summed E-state index contributed by atoms with van der Waals surface area (Å²) >= 11 is 1.33. The first-order valence-electron chi connectivity index (χ1n) is 9.95. The number of hydrogen-bond donors (Lipinski definition) is 1. The fraction of sp³-hybridized carbons (Fsp3) is 0.455. The summed E-state index contributed by atoms with van der Waals surface area (Å²) in [6, 6.07) is 12.8. The molecule has 0 spiro atoms. The molecule has 6 nitrogen and oxygen atoms in total. The normalized spacial score (nSPS) is 16.2. The lowest BCUT2D eigenvalue weighted by atomic mass is 10.0. The number of aromatic nitrogens is 2. The Kier molecular flexibility index (Phi) is 7.24. The highest BCUT2D eigenvalue weighted by Crippen LogP contribution is 2.26. The number of rotatable bonds is 6. The Morgan fingerprint density at radius 1 is 1.28 bits per heavy atom. The number of nitrogens with one attached hydrogen (secondary N) is 1. The van der Waals surface area contributed by atoms with E-state index < -0.39 is 0 Å². The van der Waals surface area contributed by atoms with E-state index in [1.54, 1.807) is 13.8 Å². The van der Waals surface area contributed by atoms with Crippen LogP contribution in [0.4, 0.5) is 0 Å². The van der Waals surface area contributed by atoms with Crippen molar-refractivity contribution in [3.8, 4) is 6.07 Å². The second-order valence-corrected chi connectivity index (χ2v) is 8.78. The zero-order valence-electron chi connectivity index (χ0n) is 17.2. The topological polar surface area (TPSA) is 81.9 Å². The second-order valence-electron chi connectivity index (χ2n) is 7.45. The molecule has 2 heterocycles. The van der Waals surface area contributed by atoms with Crippen LogP contribution < -0.4 is 5.32 Å². The molecule has 2 aromatic rings. The van der Waals surface area contributed by atoms with Gasteiger partial charge in [0.1, 0.15) is 22.5 Å². The molecule has 3 rings (SSSR count). The Labute approximate surface area is 176 Å². The molecule has 0 radical (unpaired) electrons. The summed E-state index contributed by atoms with van der Waals surface area (Å²) in [4.78, 5) is 23.7. The van der Waals surface area contributed by atoms with Crippen molar-refractivity contribution in [2.45, 2.75) is 56.5 Å². The van der Waals surface area contributed by atoms with Gasteiger partial charge in [-0.2, -0.15) is 5.26 Å². The minimum absolute atomic E-state index is 0.00526. The van der Waals surface area contributed by atoms with Crippen molar-refractivity contribution >= 4 is 17.7 Å². The molecule has 1 fully saturated rings. The summed E-state index contributed by atoms with van der Waals surface area (Å²) in [7, 11) is 0. The highest BCUT2D eigenvalue weighted by molar-refractivity contribution is 8.00. The van der Waals surface area contributed by atoms with Crippen LogP contribution in [0.1, 0.15) is 42.4 Å². The number of likely N-dealkylation sites (tertiary alicyclic amines) is 1. The number of amides is 1. The van der Waals surface area contributed by atoms with E-state index in [0.29, 0.717) is 22.1 Å². The number of benzene rings is 1. The number of carbonyl (C=O) groups excluding carboxylic acids is 1. The van der Waals surface area contributed by atoms with E-state index >= 15 is 0 Å². The molecule has 1 saturated heterocycles. The Hall–Kier alpha value is -2.43. The van der Waals surface area contributed by atoms with E-state index in [1.807, 2.05) is 13.0 Å². The first-order valence-corrected chi connectivity index (χ1v) is 10.8. The van der Waals surface area contributed by atoms with Crippen molar-refractivity contribution in [3.63, 3.8) is 0 Å². The standard InChI is InChI=1S/C22H27N5OS/c1-15-20(13-23)22(25-17(3)24-15)29-16(2)21(28)26-19-9-11-27(12-10-19)14-18-7-5-4-6-8-18/h4-8,16,19H,9-12,14H2,1-3H3,(H,26,28). The highest BCUT2D eigenvalue weighted by Gasteiger charge is 2.24. The fourth-order valence-corrected chi connectivity index (χ4v) is 4.52. The van der Waals surface area contributed by atoms with Crippen molar-refractivity contribution in [1.82, 2.24) is 20.2 Å². The zero-order chi connectivity index (χ0) is 20.8. The van der Waals surface area contributed by atoms with E-state index in [4.69, 9.17) is 0 Å². The average Bonchev–Trinajstić information content (AvgIpc) is 2.70. The zero-order valence-corrected chi connectivity index (χ0v) is 18.0. The van der Waals surface area contributed by atoms with Crippen molar-refractivity contribution < 1.29 is 4.79 Å². The third-order valence-electron chi connectivity index (χ3n) is 5.12. The van der Waals surface area contributed by atoms with Gasteiger partial charge in [0.05, 0.1) is 10.9 Å². The molecule has 7 heteroatoms. The van der Waals surface area contributed by atoms with Crippen LogP contribution >= 0.6 is 11.8 Å². The molecule has 1 aliphatic rings. The molecular weight excluding hydrogens is 382 g/mol. The summed E-state index contributed by atoms with van der Waals surface area (Å²) in [5, 5.41) is 12.8. The number of carbonyl (C=O) groups is 1. The molecule has 152 valence electrons. The molecular formula is C22H27N5OS. The average molecular weight is 410 g/mol. The Morgan fingerprint density at radius 2 is 1.97 bits per heavy atom. The summed E-state index contributed by atoms with van der Waals surface area (Å²) < 4.78 is 0. The molecule has 1 amide bonds. The molecule has 0 saturated carbocycles. The quantitative estimate of drug-likeness (QED) is 0.583. The lowest BCUT2D eigenvalue weighted by Crippen LogP contribution is -2.46. The van der Waals surface area contributed by atoms with E-state index in [9.17, 15) is 10.1 Å². The lowest BCUT2D eigenvalue weighted by Gasteiger charge is -2.32. The smallest absolute Gasteiger partial charge is 0.233 e. The predicted molar refractivity (Wildman–Crippen MR) is 114 cm³/mol. The predicted octanol–water partition coefficient (Wildman–Crippen LogP) is 3.23. The Bertz CT molecular complexity index is 888. The minimum atomic E-state index is -0.321. The SMILES string of the molecule is Cc1nc(C)c(C#N)c(SC(C)C(=O)NC2CCN(Cc3ccccc3)CC2)n1. The van der Waals surface area contributed by atoms with Gasteiger partial charge in [0.15, 0.2) is 0 Å². The molecule has 0 aliphatic carbocycles. The summed E-state index contributed by atoms with van der Waals surface area (Å²) in [5.41, 5.74) is 2.43. The maximum absolute atomic E-state index is 12.7. The van der Waals surface area contributed by atoms with Crippen molar-refractivity contribution in [3.05, 3.63) is 53.0 Å². The lowest BCUT2D eigenvalue weighted by molar-refractivity contribution is -0.121. The first kappa shape index (κ1) is 21.3. The van der Waals surface area contributed by atoms with E-state index in [2.05, 4.69) is 50.5 Å². The molecule has 1 aromatic carbocycles. The van der Waals surface area contributed by atoms with Crippen LogP contribution in [0, 0.1) is 25.2 Å². The third kappa shape index (κ3) is 5.78. The van der Waals surface area contributed by atoms with Crippen LogP contribution in [0.5, 0.6) is 0 Å². The van der Waals surface area contributed by atoms with Crippen LogP contribution in [0.25, 0.3) is 0 Å². The van der Waals surface area contributed by atoms with Crippen LogP contribution in [0.2, 0.25) is 0 Å². The molecule has 1 N–H and O–H groups in total. The molecule has 1 atom stereocenters. The van der Waals surface area contributed by atoms with Gasteiger partial charge in [-0.1, -0.05) is 42.1 Å². The third-order valence-corrected chi connectivity index (χ3v) is 6.21. The van der Waals surface area contributed by atoms with Gasteiger partial charge in [0, 0.05) is 25.7 Å². The number of nitriles is 1. The van der Waals surface area contributed by atoms with E-state index in [-0.39, 0.29) is 17.2 Å². The number of aryl methyl sites for hydroxylation is 2. The molecule has 29 heavy (non-hydrogen) atoms. The van der Waals surface area contributed by atoms with Crippen molar-refractivity contribution in [2.24, 2.45) is 0 Å². The number of nitrogens with zero attached hydrogens (tertiary/aromatic N) is 4. The van der Waals surface area contributed by atoms with E-state index in [1.165, 1.54) is 17.3 Å². The largest absolute Gasteiger partial charge is 0.352 e. The summed E-state index contributed by atoms with van der Waals surface area (Å²) in [6.07, 6.45) is 1.90. The van der Waals surface area contributed by atoms with Gasteiger partial charge in [-0.15, -0.1) is 0 Å². The highest BCUT2D eigenvalue weighted by atomic mass is 32.2. The van der Waals surface area contributed by atoms with Crippen molar-refractivity contribution in [2.75, 3.05) is 13.1 Å². The number of piperidine rings is 1. The molecule has 1 unspecified atom stereocenters.